The van der Waals surface area contributed by atoms with Gasteiger partial charge in [-0.15, -0.1) is 5.10 Å². The Balaban J connectivity index is 1.87. The lowest BCUT2D eigenvalue weighted by Crippen LogP contribution is -2.05. The van der Waals surface area contributed by atoms with Crippen LogP contribution in [0.25, 0.3) is 11.3 Å². The number of carbonyl (C=O) groups is 1. The minimum Gasteiger partial charge on any atom is -0.497 e. The van der Waals surface area contributed by atoms with Gasteiger partial charge < -0.3 is 9.84 Å². The fourth-order valence-corrected chi connectivity index (χ4v) is 2.31. The molecule has 0 unspecified atom stereocenters. The van der Waals surface area contributed by atoms with E-state index < -0.39 is 5.97 Å². The molecule has 23 heavy (non-hydrogen) atoms. The first-order chi connectivity index (χ1) is 11.2. The van der Waals surface area contributed by atoms with Crippen molar-refractivity contribution >= 4 is 5.97 Å². The van der Waals surface area contributed by atoms with Crippen LogP contribution in [-0.2, 0) is 6.54 Å². The Bertz CT molecular complexity index is 825. The van der Waals surface area contributed by atoms with Crippen molar-refractivity contribution in [3.63, 3.8) is 0 Å². The van der Waals surface area contributed by atoms with E-state index in [1.165, 1.54) is 0 Å². The molecule has 0 aliphatic heterocycles. The lowest BCUT2D eigenvalue weighted by atomic mass is 10.1. The molecule has 1 heterocycles. The molecule has 0 saturated carbocycles. The van der Waals surface area contributed by atoms with Gasteiger partial charge in [0, 0.05) is 5.56 Å². The summed E-state index contributed by atoms with van der Waals surface area (Å²) in [6.45, 7) is 0.506. The van der Waals surface area contributed by atoms with Crippen LogP contribution in [0.2, 0.25) is 0 Å². The molecule has 1 aromatic heterocycles. The molecule has 0 aliphatic rings. The highest BCUT2D eigenvalue weighted by Gasteiger charge is 2.09. The zero-order valence-corrected chi connectivity index (χ0v) is 12.5. The van der Waals surface area contributed by atoms with Crippen molar-refractivity contribution in [2.45, 2.75) is 6.54 Å². The molecule has 116 valence electrons. The number of hydrogen-bond donors (Lipinski definition) is 1. The summed E-state index contributed by atoms with van der Waals surface area (Å²) in [7, 11) is 1.62. The predicted molar refractivity (Wildman–Crippen MR) is 84.5 cm³/mol. The molecular formula is C17H15N3O3. The molecule has 0 spiro atoms. The molecule has 0 saturated heterocycles. The molecule has 0 aliphatic carbocycles. The minimum atomic E-state index is -0.936. The van der Waals surface area contributed by atoms with E-state index in [0.29, 0.717) is 6.54 Å². The summed E-state index contributed by atoms with van der Waals surface area (Å²) in [5.74, 6) is -0.171. The average Bonchev–Trinajstić information content (AvgIpc) is 3.03. The number of carboxylic acids is 1. The number of carboxylic acid groups (broad SMARTS) is 1. The van der Waals surface area contributed by atoms with Crippen molar-refractivity contribution in [1.82, 2.24) is 15.0 Å². The third kappa shape index (κ3) is 3.21. The molecule has 0 radical (unpaired) electrons. The predicted octanol–water partition coefficient (Wildman–Crippen LogP) is 2.70. The van der Waals surface area contributed by atoms with Gasteiger partial charge in [0.25, 0.3) is 0 Å². The number of aromatic nitrogens is 3. The van der Waals surface area contributed by atoms with Crippen LogP contribution in [0.5, 0.6) is 5.75 Å². The first-order valence-corrected chi connectivity index (χ1v) is 7.02. The van der Waals surface area contributed by atoms with Gasteiger partial charge in [-0.2, -0.15) is 0 Å². The highest BCUT2D eigenvalue weighted by molar-refractivity contribution is 5.87. The second kappa shape index (κ2) is 6.31. The van der Waals surface area contributed by atoms with E-state index >= 15 is 0 Å². The van der Waals surface area contributed by atoms with Crippen LogP contribution in [0.15, 0.2) is 54.7 Å². The van der Waals surface area contributed by atoms with E-state index in [1.807, 2.05) is 24.3 Å². The third-order valence-electron chi connectivity index (χ3n) is 3.52. The van der Waals surface area contributed by atoms with Crippen LogP contribution in [0.1, 0.15) is 15.9 Å². The Labute approximate surface area is 133 Å². The smallest absolute Gasteiger partial charge is 0.335 e. The van der Waals surface area contributed by atoms with E-state index in [0.717, 1.165) is 22.6 Å². The van der Waals surface area contributed by atoms with E-state index in [2.05, 4.69) is 10.3 Å². The Hall–Kier alpha value is -3.15. The van der Waals surface area contributed by atoms with E-state index in [1.54, 1.807) is 42.3 Å². The summed E-state index contributed by atoms with van der Waals surface area (Å²) >= 11 is 0. The Morgan fingerprint density at radius 1 is 1.22 bits per heavy atom. The number of hydrogen-bond acceptors (Lipinski definition) is 4. The fraction of sp³-hybridized carbons (Fsp3) is 0.118. The van der Waals surface area contributed by atoms with Gasteiger partial charge in [-0.1, -0.05) is 29.5 Å². The molecule has 0 atom stereocenters. The van der Waals surface area contributed by atoms with Gasteiger partial charge >= 0.3 is 5.97 Å². The maximum Gasteiger partial charge on any atom is 0.335 e. The third-order valence-corrected chi connectivity index (χ3v) is 3.52. The van der Waals surface area contributed by atoms with Gasteiger partial charge in [0.05, 0.1) is 31.1 Å². The summed E-state index contributed by atoms with van der Waals surface area (Å²) < 4.78 is 7.01. The average molecular weight is 309 g/mol. The van der Waals surface area contributed by atoms with Crippen LogP contribution in [0, 0.1) is 0 Å². The first kappa shape index (κ1) is 14.8. The zero-order valence-electron chi connectivity index (χ0n) is 12.5. The molecule has 6 heteroatoms. The van der Waals surface area contributed by atoms with Crippen LogP contribution >= 0.6 is 0 Å². The van der Waals surface area contributed by atoms with E-state index in [-0.39, 0.29) is 5.56 Å². The van der Waals surface area contributed by atoms with Crippen molar-refractivity contribution in [1.29, 1.82) is 0 Å². The molecule has 3 aromatic rings. The summed E-state index contributed by atoms with van der Waals surface area (Å²) in [5.41, 5.74) is 3.03. The van der Waals surface area contributed by atoms with Crippen molar-refractivity contribution in [2.24, 2.45) is 0 Å². The van der Waals surface area contributed by atoms with Gasteiger partial charge in [0.1, 0.15) is 5.75 Å². The molecule has 3 rings (SSSR count). The Morgan fingerprint density at radius 3 is 2.70 bits per heavy atom. The van der Waals surface area contributed by atoms with Crippen LogP contribution in [-0.4, -0.2) is 33.2 Å². The number of ether oxygens (including phenoxy) is 1. The van der Waals surface area contributed by atoms with Crippen molar-refractivity contribution < 1.29 is 14.6 Å². The van der Waals surface area contributed by atoms with Gasteiger partial charge in [-0.25, -0.2) is 9.48 Å². The molecule has 0 amide bonds. The van der Waals surface area contributed by atoms with E-state index in [4.69, 9.17) is 9.84 Å². The van der Waals surface area contributed by atoms with Gasteiger partial charge in [-0.05, 0) is 29.8 Å². The second-order valence-electron chi connectivity index (χ2n) is 5.01. The number of benzene rings is 2. The number of methoxy groups -OCH3 is 1. The number of nitrogens with zero attached hydrogens (tertiary/aromatic N) is 3. The molecule has 0 fully saturated rings. The van der Waals surface area contributed by atoms with Crippen molar-refractivity contribution in [2.75, 3.05) is 7.11 Å². The molecule has 2 aromatic carbocycles. The van der Waals surface area contributed by atoms with Crippen molar-refractivity contribution in [3.8, 4) is 17.0 Å². The van der Waals surface area contributed by atoms with Crippen molar-refractivity contribution in [3.05, 3.63) is 65.9 Å². The number of aromatic carboxylic acids is 1. The minimum absolute atomic E-state index is 0.264. The summed E-state index contributed by atoms with van der Waals surface area (Å²) in [6.07, 6.45) is 1.69. The highest BCUT2D eigenvalue weighted by Crippen LogP contribution is 2.23. The summed E-state index contributed by atoms with van der Waals surface area (Å²) in [4.78, 5) is 10.9. The summed E-state index contributed by atoms with van der Waals surface area (Å²) in [6, 6.07) is 14.4. The maximum absolute atomic E-state index is 10.9. The normalized spacial score (nSPS) is 10.5. The molecule has 1 N–H and O–H groups in total. The molecular weight excluding hydrogens is 294 g/mol. The largest absolute Gasteiger partial charge is 0.497 e. The first-order valence-electron chi connectivity index (χ1n) is 7.02. The van der Waals surface area contributed by atoms with Gasteiger partial charge in [0.2, 0.25) is 0 Å². The van der Waals surface area contributed by atoms with Crippen LogP contribution in [0.4, 0.5) is 0 Å². The fourth-order valence-electron chi connectivity index (χ4n) is 2.31. The maximum atomic E-state index is 10.9. The Morgan fingerprint density at radius 2 is 2.00 bits per heavy atom. The Kier molecular flexibility index (Phi) is 4.05. The SMILES string of the molecule is COc1cccc(-c2cnnn2Cc2ccc(C(=O)O)cc2)c1. The standard InChI is InChI=1S/C17H15N3O3/c1-23-15-4-2-3-14(9-15)16-10-18-19-20(16)11-12-5-7-13(8-6-12)17(21)22/h2-10H,11H2,1H3,(H,21,22). The molecule has 6 nitrogen and oxygen atoms in total. The van der Waals surface area contributed by atoms with Gasteiger partial charge in [-0.3, -0.25) is 0 Å². The number of rotatable bonds is 5. The highest BCUT2D eigenvalue weighted by atomic mass is 16.5. The van der Waals surface area contributed by atoms with Gasteiger partial charge in [0.15, 0.2) is 0 Å². The van der Waals surface area contributed by atoms with E-state index in [9.17, 15) is 4.79 Å². The zero-order chi connectivity index (χ0) is 16.2. The molecule has 0 bridgehead atoms. The lowest BCUT2D eigenvalue weighted by molar-refractivity contribution is 0.0697. The lowest BCUT2D eigenvalue weighted by Gasteiger charge is -2.08. The van der Waals surface area contributed by atoms with Crippen LogP contribution < -0.4 is 4.74 Å². The monoisotopic (exact) mass is 309 g/mol. The quantitative estimate of drug-likeness (QED) is 0.784. The topological polar surface area (TPSA) is 77.2 Å². The second-order valence-corrected chi connectivity index (χ2v) is 5.01. The van der Waals surface area contributed by atoms with Crippen LogP contribution in [0.3, 0.4) is 0 Å². The summed E-state index contributed by atoms with van der Waals surface area (Å²) in [5, 5.41) is 17.0.